The van der Waals surface area contributed by atoms with Crippen molar-refractivity contribution in [3.05, 3.63) is 76.2 Å². The second-order valence-corrected chi connectivity index (χ2v) is 20.2. The molecule has 2 heterocycles. The van der Waals surface area contributed by atoms with Crippen molar-refractivity contribution in [3.8, 4) is 17.2 Å². The number of rotatable bonds is 2. The summed E-state index contributed by atoms with van der Waals surface area (Å²) in [5.74, 6) is 3.58. The first-order valence-electron chi connectivity index (χ1n) is 11.1. The predicted molar refractivity (Wildman–Crippen MR) is 143 cm³/mol. The van der Waals surface area contributed by atoms with Crippen molar-refractivity contribution in [3.63, 3.8) is 0 Å². The lowest BCUT2D eigenvalue weighted by Crippen LogP contribution is -2.50. The third kappa shape index (κ3) is 3.97. The minimum Gasteiger partial charge on any atom is -0.282 e. The molecule has 2 aromatic heterocycles. The number of hydrogen-bond donors (Lipinski definition) is 0. The van der Waals surface area contributed by atoms with Gasteiger partial charge in [0.05, 0.1) is 16.6 Å². The number of nitrogens with zero attached hydrogens (tertiary/aromatic N) is 2. The molecular formula is C27H30N2OSi2. The average molecular weight is 455 g/mol. The first kappa shape index (κ1) is 22.3. The average Bonchev–Trinajstić information content (AvgIpc) is 2.71. The molecule has 2 aromatic carbocycles. The van der Waals surface area contributed by atoms with Gasteiger partial charge in [0.1, 0.15) is 16.1 Å². The first-order valence-corrected chi connectivity index (χ1v) is 18.1. The molecule has 0 amide bonds. The maximum Gasteiger partial charge on any atom is 0.263 e. The molecule has 0 bridgehead atoms. The van der Waals surface area contributed by atoms with Crippen molar-refractivity contribution in [1.29, 1.82) is 0 Å². The maximum absolute atomic E-state index is 14.1. The molecular weight excluding hydrogens is 424 g/mol. The van der Waals surface area contributed by atoms with Crippen LogP contribution in [0.3, 0.4) is 0 Å². The number of benzene rings is 2. The van der Waals surface area contributed by atoms with E-state index in [-0.39, 0.29) is 5.56 Å². The molecule has 4 aromatic rings. The second-order valence-electron chi connectivity index (χ2n) is 10.5. The summed E-state index contributed by atoms with van der Waals surface area (Å²) in [5.41, 5.74) is 7.27. The van der Waals surface area contributed by atoms with Crippen LogP contribution in [0, 0.1) is 18.4 Å². The number of aryl methyl sites for hydroxylation is 1. The van der Waals surface area contributed by atoms with Crippen LogP contribution in [0.15, 0.2) is 59.5 Å². The van der Waals surface area contributed by atoms with E-state index in [1.165, 1.54) is 0 Å². The van der Waals surface area contributed by atoms with E-state index in [1.807, 2.05) is 54.0 Å². The lowest BCUT2D eigenvalue weighted by Gasteiger charge is -2.27. The van der Waals surface area contributed by atoms with Gasteiger partial charge in [-0.3, -0.25) is 14.3 Å². The van der Waals surface area contributed by atoms with Crippen molar-refractivity contribution in [2.24, 2.45) is 0 Å². The minimum absolute atomic E-state index is 0.0206. The predicted octanol–water partition coefficient (Wildman–Crippen LogP) is 5.62. The summed E-state index contributed by atoms with van der Waals surface area (Å²) in [6.07, 6.45) is 1.79. The van der Waals surface area contributed by atoms with Crippen LogP contribution in [0.4, 0.5) is 0 Å². The third-order valence-electron chi connectivity index (χ3n) is 5.54. The first-order chi connectivity index (χ1) is 15.0. The molecule has 0 fully saturated rings. The summed E-state index contributed by atoms with van der Waals surface area (Å²) in [7, 11) is -3.63. The smallest absolute Gasteiger partial charge is 0.263 e. The van der Waals surface area contributed by atoms with Gasteiger partial charge in [0.15, 0.2) is 0 Å². The molecule has 0 saturated heterocycles. The lowest BCUT2D eigenvalue weighted by molar-refractivity contribution is 1.04. The molecule has 0 aliphatic rings. The van der Waals surface area contributed by atoms with E-state index in [0.29, 0.717) is 0 Å². The Morgan fingerprint density at radius 2 is 1.59 bits per heavy atom. The SMILES string of the molecule is Cc1cccc2c(C#C[Si](C)(C)C)c([Si](C)(C)C)n(-c3cccc4cccnc34)c(=O)c12. The number of pyridine rings is 2. The fourth-order valence-corrected chi connectivity index (χ4v) is 6.54. The van der Waals surface area contributed by atoms with Gasteiger partial charge in [0.25, 0.3) is 5.56 Å². The second kappa shape index (κ2) is 7.88. The standard InChI is InChI=1S/C27H30N2OSi2/c1-19-11-8-14-21-22(16-18-31(2,3)4)27(32(5,6)7)29(26(30)24(19)21)23-15-9-12-20-13-10-17-28-25(20)23/h8-15,17H,1-7H3. The normalized spacial score (nSPS) is 12.1. The Morgan fingerprint density at radius 1 is 0.906 bits per heavy atom. The van der Waals surface area contributed by atoms with Gasteiger partial charge in [-0.05, 0) is 24.6 Å². The zero-order chi connectivity index (χ0) is 23.3. The Hall–Kier alpha value is -2.95. The zero-order valence-corrected chi connectivity index (χ0v) is 22.0. The summed E-state index contributed by atoms with van der Waals surface area (Å²) < 4.78 is 1.94. The van der Waals surface area contributed by atoms with Gasteiger partial charge < -0.3 is 0 Å². The molecule has 0 radical (unpaired) electrons. The number of para-hydroxylation sites is 1. The highest BCUT2D eigenvalue weighted by atomic mass is 28.3. The van der Waals surface area contributed by atoms with Crippen LogP contribution in [-0.4, -0.2) is 25.7 Å². The van der Waals surface area contributed by atoms with E-state index in [2.05, 4.69) is 61.8 Å². The molecule has 0 aliphatic carbocycles. The molecule has 0 N–H and O–H groups in total. The van der Waals surface area contributed by atoms with Crippen LogP contribution in [-0.2, 0) is 0 Å². The summed E-state index contributed by atoms with van der Waals surface area (Å²) in [5, 5.41) is 3.83. The third-order valence-corrected chi connectivity index (χ3v) is 8.31. The van der Waals surface area contributed by atoms with Gasteiger partial charge in [0, 0.05) is 27.8 Å². The molecule has 0 unspecified atom stereocenters. The van der Waals surface area contributed by atoms with Crippen LogP contribution < -0.4 is 10.9 Å². The van der Waals surface area contributed by atoms with E-state index in [1.54, 1.807) is 6.20 Å². The Morgan fingerprint density at radius 3 is 2.28 bits per heavy atom. The molecule has 0 atom stereocenters. The fraction of sp³-hybridized carbons (Fsp3) is 0.259. The molecule has 0 spiro atoms. The monoisotopic (exact) mass is 454 g/mol. The van der Waals surface area contributed by atoms with E-state index in [9.17, 15) is 4.79 Å². The van der Waals surface area contributed by atoms with Crippen LogP contribution >= 0.6 is 0 Å². The van der Waals surface area contributed by atoms with Crippen LogP contribution in [0.5, 0.6) is 0 Å². The van der Waals surface area contributed by atoms with Gasteiger partial charge in [0.2, 0.25) is 0 Å². The number of hydrogen-bond acceptors (Lipinski definition) is 2. The molecule has 4 rings (SSSR count). The Kier molecular flexibility index (Phi) is 5.48. The minimum atomic E-state index is -2.01. The Bertz CT molecular complexity index is 1470. The highest BCUT2D eigenvalue weighted by molar-refractivity contribution is 6.89. The number of aromatic nitrogens is 2. The topological polar surface area (TPSA) is 34.9 Å². The van der Waals surface area contributed by atoms with Crippen molar-refractivity contribution in [2.45, 2.75) is 46.2 Å². The van der Waals surface area contributed by atoms with Crippen molar-refractivity contribution < 1.29 is 0 Å². The molecule has 0 saturated carbocycles. The van der Waals surface area contributed by atoms with E-state index < -0.39 is 16.1 Å². The van der Waals surface area contributed by atoms with Crippen LogP contribution in [0.2, 0.25) is 39.3 Å². The van der Waals surface area contributed by atoms with Gasteiger partial charge in [-0.25, -0.2) is 0 Å². The molecule has 5 heteroatoms. The summed E-state index contributed by atoms with van der Waals surface area (Å²) in [4.78, 5) is 18.8. The van der Waals surface area contributed by atoms with Gasteiger partial charge in [-0.1, -0.05) is 81.6 Å². The van der Waals surface area contributed by atoms with E-state index in [0.717, 1.165) is 43.8 Å². The molecule has 32 heavy (non-hydrogen) atoms. The maximum atomic E-state index is 14.1. The highest BCUT2D eigenvalue weighted by Crippen LogP contribution is 2.25. The quantitative estimate of drug-likeness (QED) is 0.291. The molecule has 162 valence electrons. The largest absolute Gasteiger partial charge is 0.282 e. The molecule has 0 aliphatic heterocycles. The number of fused-ring (bicyclic) bond motifs is 2. The summed E-state index contributed by atoms with van der Waals surface area (Å²) in [6, 6.07) is 16.2. The van der Waals surface area contributed by atoms with Gasteiger partial charge in [-0.2, -0.15) is 0 Å². The van der Waals surface area contributed by atoms with E-state index >= 15 is 0 Å². The fourth-order valence-electron chi connectivity index (χ4n) is 4.20. The van der Waals surface area contributed by atoms with Crippen LogP contribution in [0.25, 0.3) is 27.4 Å². The summed E-state index contributed by atoms with van der Waals surface area (Å²) in [6.45, 7) is 15.7. The van der Waals surface area contributed by atoms with Crippen LogP contribution in [0.1, 0.15) is 11.1 Å². The van der Waals surface area contributed by atoms with Gasteiger partial charge >= 0.3 is 0 Å². The lowest BCUT2D eigenvalue weighted by atomic mass is 10.0. The van der Waals surface area contributed by atoms with Crippen molar-refractivity contribution >= 4 is 43.1 Å². The molecule has 3 nitrogen and oxygen atoms in total. The van der Waals surface area contributed by atoms with Crippen molar-refractivity contribution in [1.82, 2.24) is 9.55 Å². The summed E-state index contributed by atoms with van der Waals surface area (Å²) >= 11 is 0. The highest BCUT2D eigenvalue weighted by Gasteiger charge is 2.29. The Labute approximate surface area is 192 Å². The van der Waals surface area contributed by atoms with Gasteiger partial charge in [-0.15, -0.1) is 5.54 Å². The zero-order valence-electron chi connectivity index (χ0n) is 20.0. The van der Waals surface area contributed by atoms with Crippen molar-refractivity contribution in [2.75, 3.05) is 0 Å². The Balaban J connectivity index is 2.30. The van der Waals surface area contributed by atoms with E-state index in [4.69, 9.17) is 0 Å².